The minimum absolute atomic E-state index is 0.192. The van der Waals surface area contributed by atoms with E-state index < -0.39 is 15.8 Å². The highest BCUT2D eigenvalue weighted by molar-refractivity contribution is 7.89. The second-order valence-corrected chi connectivity index (χ2v) is 8.86. The maximum Gasteiger partial charge on any atom is 0.253 e. The highest BCUT2D eigenvalue weighted by atomic mass is 32.2. The Labute approximate surface area is 168 Å². The predicted octanol–water partition coefficient (Wildman–Crippen LogP) is 2.83. The number of aromatic nitrogens is 1. The third-order valence-electron chi connectivity index (χ3n) is 5.14. The second kappa shape index (κ2) is 7.53. The van der Waals surface area contributed by atoms with Gasteiger partial charge in [-0.05, 0) is 42.8 Å². The maximum absolute atomic E-state index is 13.3. The van der Waals surface area contributed by atoms with Crippen LogP contribution in [0.3, 0.4) is 0 Å². The predicted molar refractivity (Wildman–Crippen MR) is 108 cm³/mol. The van der Waals surface area contributed by atoms with E-state index >= 15 is 0 Å². The van der Waals surface area contributed by atoms with Crippen LogP contribution in [0.1, 0.15) is 15.9 Å². The van der Waals surface area contributed by atoms with Crippen LogP contribution in [0.4, 0.5) is 4.39 Å². The zero-order valence-electron chi connectivity index (χ0n) is 15.9. The standard InChI is InChI=1S/C21H20FN3O3S/c1-15-4-5-16-3-2-10-23-19(16)20(15)29(27,28)25-13-11-24(12-14-25)21(26)17-6-8-18(22)9-7-17/h2-10H,11-14H2,1H3. The second-order valence-electron chi connectivity index (χ2n) is 6.99. The molecule has 0 bridgehead atoms. The fraction of sp³-hybridized carbons (Fsp3) is 0.238. The molecule has 1 aliphatic rings. The van der Waals surface area contributed by atoms with Crippen molar-refractivity contribution in [2.75, 3.05) is 26.2 Å². The van der Waals surface area contributed by atoms with Crippen molar-refractivity contribution in [1.82, 2.24) is 14.2 Å². The van der Waals surface area contributed by atoms with Crippen LogP contribution in [0.2, 0.25) is 0 Å². The van der Waals surface area contributed by atoms with Crippen molar-refractivity contribution in [3.8, 4) is 0 Å². The molecule has 2 heterocycles. The Bertz CT molecular complexity index is 1170. The lowest BCUT2D eigenvalue weighted by molar-refractivity contribution is 0.0698. The largest absolute Gasteiger partial charge is 0.336 e. The van der Waals surface area contributed by atoms with Crippen molar-refractivity contribution in [1.29, 1.82) is 0 Å². The van der Waals surface area contributed by atoms with Crippen LogP contribution in [0.25, 0.3) is 10.9 Å². The first-order valence-electron chi connectivity index (χ1n) is 9.27. The average Bonchev–Trinajstić information content (AvgIpc) is 2.73. The number of nitrogens with zero attached hydrogens (tertiary/aromatic N) is 3. The van der Waals surface area contributed by atoms with Crippen molar-refractivity contribution in [3.05, 3.63) is 71.7 Å². The molecule has 0 N–H and O–H groups in total. The zero-order chi connectivity index (χ0) is 20.6. The van der Waals surface area contributed by atoms with Gasteiger partial charge in [-0.2, -0.15) is 4.31 Å². The molecule has 3 aromatic rings. The summed E-state index contributed by atoms with van der Waals surface area (Å²) in [7, 11) is -3.76. The molecule has 150 valence electrons. The maximum atomic E-state index is 13.3. The van der Waals surface area contributed by atoms with Gasteiger partial charge in [0.25, 0.3) is 5.91 Å². The molecule has 1 saturated heterocycles. The number of rotatable bonds is 3. The molecular weight excluding hydrogens is 393 g/mol. The summed E-state index contributed by atoms with van der Waals surface area (Å²) in [4.78, 5) is 18.7. The number of carbonyl (C=O) groups excluding carboxylic acids is 1. The van der Waals surface area contributed by atoms with Crippen molar-refractivity contribution in [2.24, 2.45) is 0 Å². The quantitative estimate of drug-likeness (QED) is 0.662. The lowest BCUT2D eigenvalue weighted by Gasteiger charge is -2.34. The van der Waals surface area contributed by atoms with Gasteiger partial charge in [0.05, 0.1) is 5.52 Å². The first kappa shape index (κ1) is 19.5. The summed E-state index contributed by atoms with van der Waals surface area (Å²) < 4.78 is 41.2. The molecule has 0 atom stereocenters. The topological polar surface area (TPSA) is 70.6 Å². The molecule has 1 fully saturated rings. The summed E-state index contributed by atoms with van der Waals surface area (Å²) in [6.45, 7) is 2.69. The third kappa shape index (κ3) is 3.61. The van der Waals surface area contributed by atoms with Gasteiger partial charge < -0.3 is 4.90 Å². The van der Waals surface area contributed by atoms with E-state index in [9.17, 15) is 17.6 Å². The molecule has 0 spiro atoms. The van der Waals surface area contributed by atoms with Crippen LogP contribution < -0.4 is 0 Å². The van der Waals surface area contributed by atoms with Crippen molar-refractivity contribution in [3.63, 3.8) is 0 Å². The number of hydrogen-bond donors (Lipinski definition) is 0. The fourth-order valence-electron chi connectivity index (χ4n) is 3.58. The normalized spacial score (nSPS) is 15.6. The zero-order valence-corrected chi connectivity index (χ0v) is 16.7. The first-order chi connectivity index (χ1) is 13.9. The molecule has 1 aliphatic heterocycles. The minimum Gasteiger partial charge on any atom is -0.336 e. The number of aryl methyl sites for hydroxylation is 1. The van der Waals surface area contributed by atoms with Gasteiger partial charge in [-0.25, -0.2) is 12.8 Å². The molecule has 4 rings (SSSR count). The van der Waals surface area contributed by atoms with Crippen molar-refractivity contribution >= 4 is 26.8 Å². The van der Waals surface area contributed by atoms with Gasteiger partial charge in [-0.1, -0.05) is 18.2 Å². The van der Waals surface area contributed by atoms with E-state index in [0.29, 0.717) is 16.6 Å². The van der Waals surface area contributed by atoms with Gasteiger partial charge in [0.1, 0.15) is 10.7 Å². The molecule has 29 heavy (non-hydrogen) atoms. The Hall–Kier alpha value is -2.84. The summed E-state index contributed by atoms with van der Waals surface area (Å²) in [5, 5.41) is 0.766. The lowest BCUT2D eigenvalue weighted by Crippen LogP contribution is -2.50. The van der Waals surface area contributed by atoms with Gasteiger partial charge >= 0.3 is 0 Å². The van der Waals surface area contributed by atoms with E-state index in [4.69, 9.17) is 0 Å². The Kier molecular flexibility index (Phi) is 5.06. The molecule has 0 saturated carbocycles. The smallest absolute Gasteiger partial charge is 0.253 e. The number of piperazine rings is 1. The van der Waals surface area contributed by atoms with E-state index in [1.165, 1.54) is 28.6 Å². The molecule has 6 nitrogen and oxygen atoms in total. The lowest BCUT2D eigenvalue weighted by atomic mass is 10.1. The van der Waals surface area contributed by atoms with Gasteiger partial charge in [0.2, 0.25) is 10.0 Å². The van der Waals surface area contributed by atoms with Crippen LogP contribution in [-0.4, -0.2) is 54.7 Å². The fourth-order valence-corrected chi connectivity index (χ4v) is 5.37. The SMILES string of the molecule is Cc1ccc2cccnc2c1S(=O)(=O)N1CCN(C(=O)c2ccc(F)cc2)CC1. The Balaban J connectivity index is 1.56. The Morgan fingerprint density at radius 3 is 2.38 bits per heavy atom. The summed E-state index contributed by atoms with van der Waals surface area (Å²) in [5.41, 5.74) is 1.48. The monoisotopic (exact) mass is 413 g/mol. The van der Waals surface area contributed by atoms with Crippen LogP contribution in [0.5, 0.6) is 0 Å². The van der Waals surface area contributed by atoms with E-state index in [0.717, 1.165) is 5.39 Å². The number of benzene rings is 2. The van der Waals surface area contributed by atoms with Crippen molar-refractivity contribution < 1.29 is 17.6 Å². The highest BCUT2D eigenvalue weighted by Gasteiger charge is 2.32. The summed E-state index contributed by atoms with van der Waals surface area (Å²) >= 11 is 0. The number of amides is 1. The van der Waals surface area contributed by atoms with Crippen LogP contribution in [-0.2, 0) is 10.0 Å². The molecule has 1 aromatic heterocycles. The Morgan fingerprint density at radius 2 is 1.69 bits per heavy atom. The molecule has 0 radical (unpaired) electrons. The van der Waals surface area contributed by atoms with Gasteiger partial charge in [-0.3, -0.25) is 9.78 Å². The molecular formula is C21H20FN3O3S. The number of hydrogen-bond acceptors (Lipinski definition) is 4. The van der Waals surface area contributed by atoms with E-state index in [-0.39, 0.29) is 37.0 Å². The van der Waals surface area contributed by atoms with Crippen LogP contribution >= 0.6 is 0 Å². The van der Waals surface area contributed by atoms with Crippen LogP contribution in [0, 0.1) is 12.7 Å². The van der Waals surface area contributed by atoms with E-state index in [1.54, 1.807) is 30.2 Å². The highest BCUT2D eigenvalue weighted by Crippen LogP contribution is 2.28. The summed E-state index contributed by atoms with van der Waals surface area (Å²) in [5.74, 6) is -0.637. The molecule has 2 aromatic carbocycles. The van der Waals surface area contributed by atoms with E-state index in [2.05, 4.69) is 4.98 Å². The molecule has 8 heteroatoms. The number of sulfonamides is 1. The van der Waals surface area contributed by atoms with Gasteiger partial charge in [-0.15, -0.1) is 0 Å². The minimum atomic E-state index is -3.76. The van der Waals surface area contributed by atoms with E-state index in [1.807, 2.05) is 12.1 Å². The molecule has 0 aliphatic carbocycles. The van der Waals surface area contributed by atoms with Gasteiger partial charge in [0, 0.05) is 43.3 Å². The number of fused-ring (bicyclic) bond motifs is 1. The summed E-state index contributed by atoms with van der Waals surface area (Å²) in [6.07, 6.45) is 1.58. The molecule has 0 unspecified atom stereocenters. The number of pyridine rings is 1. The van der Waals surface area contributed by atoms with Crippen molar-refractivity contribution in [2.45, 2.75) is 11.8 Å². The van der Waals surface area contributed by atoms with Gasteiger partial charge in [0.15, 0.2) is 0 Å². The summed E-state index contributed by atoms with van der Waals surface area (Å²) in [6, 6.07) is 12.6. The average molecular weight is 413 g/mol. The number of carbonyl (C=O) groups is 1. The third-order valence-corrected chi connectivity index (χ3v) is 7.22. The first-order valence-corrected chi connectivity index (χ1v) is 10.7. The Morgan fingerprint density at radius 1 is 1.00 bits per heavy atom. The number of halogens is 1. The molecule has 1 amide bonds. The van der Waals surface area contributed by atoms with Crippen LogP contribution in [0.15, 0.2) is 59.6 Å².